The van der Waals surface area contributed by atoms with Gasteiger partial charge in [0, 0.05) is 19.2 Å². The van der Waals surface area contributed by atoms with Crippen molar-refractivity contribution in [2.24, 2.45) is 0 Å². The molecular formula is C15H17NO4. The van der Waals surface area contributed by atoms with Gasteiger partial charge in [-0.05, 0) is 36.1 Å². The zero-order valence-electron chi connectivity index (χ0n) is 11.3. The molecule has 1 amide bonds. The van der Waals surface area contributed by atoms with Crippen LogP contribution in [-0.2, 0) is 22.5 Å². The number of benzene rings is 1. The lowest BCUT2D eigenvalue weighted by Gasteiger charge is -2.26. The third kappa shape index (κ3) is 3.38. The fourth-order valence-electron chi connectivity index (χ4n) is 2.19. The highest BCUT2D eigenvalue weighted by Crippen LogP contribution is 2.21. The number of hydrogen-bond donors (Lipinski definition) is 1. The predicted molar refractivity (Wildman–Crippen MR) is 74.2 cm³/mol. The molecule has 2 rings (SSSR count). The van der Waals surface area contributed by atoms with Crippen LogP contribution in [0.2, 0.25) is 0 Å². The zero-order valence-corrected chi connectivity index (χ0v) is 11.3. The zero-order chi connectivity index (χ0) is 14.5. The van der Waals surface area contributed by atoms with E-state index in [0.717, 1.165) is 16.7 Å². The molecule has 1 aromatic rings. The van der Waals surface area contributed by atoms with Crippen LogP contribution in [0.15, 0.2) is 24.3 Å². The van der Waals surface area contributed by atoms with Gasteiger partial charge in [-0.2, -0.15) is 0 Å². The molecule has 0 aliphatic carbocycles. The van der Waals surface area contributed by atoms with E-state index in [-0.39, 0.29) is 5.97 Å². The lowest BCUT2D eigenvalue weighted by atomic mass is 9.97. The summed E-state index contributed by atoms with van der Waals surface area (Å²) in [5, 5.41) is 8.98. The molecule has 1 aliphatic rings. The number of nitrogens with zero attached hydrogens (tertiary/aromatic N) is 1. The standard InChI is InChI=1S/C15H17NO4/c1-2-20-14(17)6-4-11-3-5-13-10-16(15(18)19)8-7-12(13)9-11/h3-6,9H,2,7-8,10H2,1H3,(H,18,19)/b6-4+. The molecule has 1 aliphatic heterocycles. The smallest absolute Gasteiger partial charge is 0.407 e. The van der Waals surface area contributed by atoms with Gasteiger partial charge in [0.25, 0.3) is 0 Å². The van der Waals surface area contributed by atoms with Gasteiger partial charge in [-0.15, -0.1) is 0 Å². The van der Waals surface area contributed by atoms with E-state index in [1.165, 1.54) is 11.0 Å². The highest BCUT2D eigenvalue weighted by Gasteiger charge is 2.19. The summed E-state index contributed by atoms with van der Waals surface area (Å²) in [6, 6.07) is 5.78. The Morgan fingerprint density at radius 1 is 1.40 bits per heavy atom. The van der Waals surface area contributed by atoms with Crippen LogP contribution in [0.1, 0.15) is 23.6 Å². The first-order chi connectivity index (χ1) is 9.60. The van der Waals surface area contributed by atoms with Crippen LogP contribution in [0, 0.1) is 0 Å². The number of carbonyl (C=O) groups excluding carboxylic acids is 1. The van der Waals surface area contributed by atoms with Gasteiger partial charge in [-0.1, -0.05) is 18.2 Å². The monoisotopic (exact) mass is 275 g/mol. The number of ether oxygens (including phenoxy) is 1. The number of hydrogen-bond acceptors (Lipinski definition) is 3. The van der Waals surface area contributed by atoms with E-state index in [4.69, 9.17) is 9.84 Å². The van der Waals surface area contributed by atoms with Crippen LogP contribution >= 0.6 is 0 Å². The topological polar surface area (TPSA) is 66.8 Å². The molecule has 0 unspecified atom stereocenters. The number of rotatable bonds is 3. The maximum atomic E-state index is 11.2. The molecule has 5 heteroatoms. The fourth-order valence-corrected chi connectivity index (χ4v) is 2.19. The first-order valence-electron chi connectivity index (χ1n) is 6.54. The Morgan fingerprint density at radius 3 is 2.90 bits per heavy atom. The first-order valence-corrected chi connectivity index (χ1v) is 6.54. The van der Waals surface area contributed by atoms with E-state index < -0.39 is 6.09 Å². The van der Waals surface area contributed by atoms with Gasteiger partial charge in [0.15, 0.2) is 0 Å². The molecule has 0 bridgehead atoms. The fraction of sp³-hybridized carbons (Fsp3) is 0.333. The number of carboxylic acid groups (broad SMARTS) is 1. The van der Waals surface area contributed by atoms with E-state index in [1.807, 2.05) is 18.2 Å². The van der Waals surface area contributed by atoms with Crippen LogP contribution in [0.3, 0.4) is 0 Å². The predicted octanol–water partition coefficient (Wildman–Crippen LogP) is 2.30. The van der Waals surface area contributed by atoms with Crippen molar-refractivity contribution in [3.63, 3.8) is 0 Å². The molecule has 0 spiro atoms. The minimum atomic E-state index is -0.887. The van der Waals surface area contributed by atoms with Gasteiger partial charge >= 0.3 is 12.1 Å². The third-order valence-corrected chi connectivity index (χ3v) is 3.21. The van der Waals surface area contributed by atoms with E-state index in [2.05, 4.69) is 0 Å². The Balaban J connectivity index is 2.10. The molecule has 5 nitrogen and oxygen atoms in total. The van der Waals surface area contributed by atoms with Crippen molar-refractivity contribution in [1.29, 1.82) is 0 Å². The minimum absolute atomic E-state index is 0.359. The number of esters is 1. The SMILES string of the molecule is CCOC(=O)/C=C/c1ccc2c(c1)CCN(C(=O)O)C2. The summed E-state index contributed by atoms with van der Waals surface area (Å²) < 4.78 is 4.82. The molecular weight excluding hydrogens is 258 g/mol. The Bertz CT molecular complexity index is 551. The van der Waals surface area contributed by atoms with E-state index >= 15 is 0 Å². The van der Waals surface area contributed by atoms with Crippen LogP contribution in [0.5, 0.6) is 0 Å². The maximum Gasteiger partial charge on any atom is 0.407 e. The van der Waals surface area contributed by atoms with Crippen molar-refractivity contribution >= 4 is 18.1 Å². The van der Waals surface area contributed by atoms with E-state index in [1.54, 1.807) is 13.0 Å². The average molecular weight is 275 g/mol. The Hall–Kier alpha value is -2.30. The highest BCUT2D eigenvalue weighted by atomic mass is 16.5. The molecule has 1 aromatic carbocycles. The highest BCUT2D eigenvalue weighted by molar-refractivity contribution is 5.87. The Morgan fingerprint density at radius 2 is 2.20 bits per heavy atom. The lowest BCUT2D eigenvalue weighted by molar-refractivity contribution is -0.137. The normalized spacial score (nSPS) is 14.2. The molecule has 1 heterocycles. The van der Waals surface area contributed by atoms with Crippen molar-refractivity contribution in [2.45, 2.75) is 19.9 Å². The summed E-state index contributed by atoms with van der Waals surface area (Å²) in [6.45, 7) is 3.05. The van der Waals surface area contributed by atoms with Gasteiger partial charge in [0.2, 0.25) is 0 Å². The summed E-state index contributed by atoms with van der Waals surface area (Å²) in [5.41, 5.74) is 3.07. The van der Waals surface area contributed by atoms with Crippen molar-refractivity contribution in [1.82, 2.24) is 4.90 Å². The summed E-state index contributed by atoms with van der Waals surface area (Å²) in [4.78, 5) is 23.6. The third-order valence-electron chi connectivity index (χ3n) is 3.21. The van der Waals surface area contributed by atoms with E-state index in [0.29, 0.717) is 26.1 Å². The molecule has 0 saturated heterocycles. The number of fused-ring (bicyclic) bond motifs is 1. The lowest BCUT2D eigenvalue weighted by Crippen LogP contribution is -2.34. The summed E-state index contributed by atoms with van der Waals surface area (Å²) in [5.74, 6) is -0.359. The second kappa shape index (κ2) is 6.23. The molecule has 0 fully saturated rings. The van der Waals surface area contributed by atoms with Crippen molar-refractivity contribution in [2.75, 3.05) is 13.2 Å². The number of carbonyl (C=O) groups is 2. The molecule has 0 saturated carbocycles. The Labute approximate surface area is 117 Å². The second-order valence-electron chi connectivity index (χ2n) is 4.57. The van der Waals surface area contributed by atoms with Crippen LogP contribution in [0.25, 0.3) is 6.08 Å². The van der Waals surface area contributed by atoms with Crippen LogP contribution in [0.4, 0.5) is 4.79 Å². The quantitative estimate of drug-likeness (QED) is 0.679. The first kappa shape index (κ1) is 14.1. The van der Waals surface area contributed by atoms with Gasteiger partial charge in [0.1, 0.15) is 0 Å². The maximum absolute atomic E-state index is 11.2. The van der Waals surface area contributed by atoms with Gasteiger partial charge in [-0.25, -0.2) is 9.59 Å². The summed E-state index contributed by atoms with van der Waals surface area (Å²) in [6.07, 6.45) is 2.92. The van der Waals surface area contributed by atoms with Crippen molar-refractivity contribution < 1.29 is 19.4 Å². The van der Waals surface area contributed by atoms with Gasteiger partial charge < -0.3 is 14.7 Å². The molecule has 0 atom stereocenters. The van der Waals surface area contributed by atoms with E-state index in [9.17, 15) is 9.59 Å². The molecule has 1 N–H and O–H groups in total. The molecule has 106 valence electrons. The van der Waals surface area contributed by atoms with Crippen LogP contribution < -0.4 is 0 Å². The Kier molecular flexibility index (Phi) is 4.40. The van der Waals surface area contributed by atoms with Crippen molar-refractivity contribution in [3.8, 4) is 0 Å². The summed E-state index contributed by atoms with van der Waals surface area (Å²) >= 11 is 0. The van der Waals surface area contributed by atoms with Crippen molar-refractivity contribution in [3.05, 3.63) is 41.0 Å². The molecule has 0 radical (unpaired) electrons. The molecule has 20 heavy (non-hydrogen) atoms. The largest absolute Gasteiger partial charge is 0.465 e. The minimum Gasteiger partial charge on any atom is -0.465 e. The average Bonchev–Trinajstić information content (AvgIpc) is 2.44. The molecule has 0 aromatic heterocycles. The van der Waals surface area contributed by atoms with Gasteiger partial charge in [0.05, 0.1) is 6.61 Å². The summed E-state index contributed by atoms with van der Waals surface area (Å²) in [7, 11) is 0. The number of amides is 1. The van der Waals surface area contributed by atoms with Crippen LogP contribution in [-0.4, -0.2) is 35.2 Å². The second-order valence-corrected chi connectivity index (χ2v) is 4.57. The van der Waals surface area contributed by atoms with Gasteiger partial charge in [-0.3, -0.25) is 0 Å².